The van der Waals surface area contributed by atoms with Gasteiger partial charge in [-0.2, -0.15) is 0 Å². The van der Waals surface area contributed by atoms with E-state index in [1.165, 1.54) is 18.4 Å². The molecular weight excluding hydrogens is 238 g/mol. The molecule has 0 aliphatic heterocycles. The van der Waals surface area contributed by atoms with E-state index in [1.807, 2.05) is 12.1 Å². The molecule has 1 aromatic carbocycles. The van der Waals surface area contributed by atoms with Crippen molar-refractivity contribution in [3.63, 3.8) is 0 Å². The standard InChI is InChI=1S/C16H25NO2/c1-5-17-16(11(2)12-6-7-12)14-9-8-13(18-3)10-15(14)19-4/h8-12,16-17H,5-7H2,1-4H3. The van der Waals surface area contributed by atoms with Gasteiger partial charge in [-0.15, -0.1) is 0 Å². The van der Waals surface area contributed by atoms with Gasteiger partial charge >= 0.3 is 0 Å². The Balaban J connectivity index is 2.28. The van der Waals surface area contributed by atoms with Crippen molar-refractivity contribution in [1.29, 1.82) is 0 Å². The first-order valence-corrected chi connectivity index (χ1v) is 7.16. The number of ether oxygens (including phenoxy) is 2. The van der Waals surface area contributed by atoms with Crippen LogP contribution in [0.4, 0.5) is 0 Å². The van der Waals surface area contributed by atoms with Crippen LogP contribution in [0.1, 0.15) is 38.3 Å². The zero-order valence-electron chi connectivity index (χ0n) is 12.4. The van der Waals surface area contributed by atoms with Crippen LogP contribution >= 0.6 is 0 Å². The highest BCUT2D eigenvalue weighted by Gasteiger charge is 2.34. The highest BCUT2D eigenvalue weighted by atomic mass is 16.5. The molecule has 2 rings (SSSR count). The number of methoxy groups -OCH3 is 2. The summed E-state index contributed by atoms with van der Waals surface area (Å²) in [6.45, 7) is 5.47. The van der Waals surface area contributed by atoms with Crippen molar-refractivity contribution in [3.05, 3.63) is 23.8 Å². The first-order chi connectivity index (χ1) is 9.21. The molecule has 0 radical (unpaired) electrons. The predicted octanol–water partition coefficient (Wildman–Crippen LogP) is 3.40. The first-order valence-electron chi connectivity index (χ1n) is 7.16. The van der Waals surface area contributed by atoms with E-state index >= 15 is 0 Å². The van der Waals surface area contributed by atoms with Gasteiger partial charge in [-0.05, 0) is 37.3 Å². The van der Waals surface area contributed by atoms with Gasteiger partial charge in [0.05, 0.1) is 14.2 Å². The predicted molar refractivity (Wildman–Crippen MR) is 77.9 cm³/mol. The van der Waals surface area contributed by atoms with Crippen LogP contribution in [0.15, 0.2) is 18.2 Å². The van der Waals surface area contributed by atoms with Crippen LogP contribution in [0.25, 0.3) is 0 Å². The normalized spacial score (nSPS) is 17.9. The zero-order valence-corrected chi connectivity index (χ0v) is 12.4. The lowest BCUT2D eigenvalue weighted by molar-refractivity contribution is 0.334. The van der Waals surface area contributed by atoms with E-state index in [-0.39, 0.29) is 0 Å². The minimum Gasteiger partial charge on any atom is -0.497 e. The molecule has 0 bridgehead atoms. The Morgan fingerprint density at radius 3 is 2.53 bits per heavy atom. The van der Waals surface area contributed by atoms with Crippen molar-refractivity contribution in [2.24, 2.45) is 11.8 Å². The van der Waals surface area contributed by atoms with E-state index in [9.17, 15) is 0 Å². The van der Waals surface area contributed by atoms with Gasteiger partial charge in [-0.1, -0.05) is 19.9 Å². The van der Waals surface area contributed by atoms with Gasteiger partial charge in [0.15, 0.2) is 0 Å². The molecule has 0 spiro atoms. The first kappa shape index (κ1) is 14.2. The van der Waals surface area contributed by atoms with E-state index in [0.29, 0.717) is 12.0 Å². The average molecular weight is 263 g/mol. The van der Waals surface area contributed by atoms with Crippen molar-refractivity contribution < 1.29 is 9.47 Å². The fourth-order valence-corrected chi connectivity index (χ4v) is 2.77. The number of benzene rings is 1. The molecule has 3 heteroatoms. The summed E-state index contributed by atoms with van der Waals surface area (Å²) >= 11 is 0. The van der Waals surface area contributed by atoms with E-state index in [1.54, 1.807) is 14.2 Å². The highest BCUT2D eigenvalue weighted by Crippen LogP contribution is 2.44. The number of hydrogen-bond donors (Lipinski definition) is 1. The van der Waals surface area contributed by atoms with Crippen molar-refractivity contribution >= 4 is 0 Å². The molecular formula is C16H25NO2. The molecule has 1 saturated carbocycles. The molecule has 3 nitrogen and oxygen atoms in total. The monoisotopic (exact) mass is 263 g/mol. The molecule has 1 fully saturated rings. The van der Waals surface area contributed by atoms with Gasteiger partial charge in [0.2, 0.25) is 0 Å². The molecule has 0 saturated heterocycles. The molecule has 2 unspecified atom stereocenters. The molecule has 0 aromatic heterocycles. The summed E-state index contributed by atoms with van der Waals surface area (Å²) in [7, 11) is 3.41. The maximum absolute atomic E-state index is 5.55. The van der Waals surface area contributed by atoms with Gasteiger partial charge in [-0.25, -0.2) is 0 Å². The van der Waals surface area contributed by atoms with E-state index in [0.717, 1.165) is 24.0 Å². The second kappa shape index (κ2) is 6.29. The quantitative estimate of drug-likeness (QED) is 0.818. The topological polar surface area (TPSA) is 30.5 Å². The second-order valence-electron chi connectivity index (χ2n) is 5.34. The fourth-order valence-electron chi connectivity index (χ4n) is 2.77. The Kier molecular flexibility index (Phi) is 4.70. The maximum Gasteiger partial charge on any atom is 0.127 e. The van der Waals surface area contributed by atoms with Gasteiger partial charge in [0, 0.05) is 17.7 Å². The molecule has 2 atom stereocenters. The lowest BCUT2D eigenvalue weighted by Crippen LogP contribution is -2.28. The number of nitrogens with one attached hydrogen (secondary N) is 1. The van der Waals surface area contributed by atoms with Crippen LogP contribution in [0, 0.1) is 11.8 Å². The summed E-state index contributed by atoms with van der Waals surface area (Å²) in [5.74, 6) is 3.26. The Morgan fingerprint density at radius 1 is 1.26 bits per heavy atom. The van der Waals surface area contributed by atoms with Crippen LogP contribution in [0.5, 0.6) is 11.5 Å². The highest BCUT2D eigenvalue weighted by molar-refractivity contribution is 5.43. The number of rotatable bonds is 7. The molecule has 1 aliphatic rings. The third kappa shape index (κ3) is 3.21. The Labute approximate surface area is 116 Å². The Hall–Kier alpha value is -1.22. The summed E-state index contributed by atoms with van der Waals surface area (Å²) in [6.07, 6.45) is 2.73. The summed E-state index contributed by atoms with van der Waals surface area (Å²) in [5, 5.41) is 3.61. The molecule has 1 aliphatic carbocycles. The van der Waals surface area contributed by atoms with E-state index < -0.39 is 0 Å². The lowest BCUT2D eigenvalue weighted by Gasteiger charge is -2.27. The summed E-state index contributed by atoms with van der Waals surface area (Å²) in [6, 6.07) is 6.48. The SMILES string of the molecule is CCNC(c1ccc(OC)cc1OC)C(C)C1CC1. The molecule has 1 N–H and O–H groups in total. The maximum atomic E-state index is 5.55. The van der Waals surface area contributed by atoms with Crippen LogP contribution in [-0.4, -0.2) is 20.8 Å². The Morgan fingerprint density at radius 2 is 2.00 bits per heavy atom. The van der Waals surface area contributed by atoms with Gasteiger partial charge in [0.1, 0.15) is 11.5 Å². The summed E-state index contributed by atoms with van der Waals surface area (Å²) in [5.41, 5.74) is 1.24. The molecule has 19 heavy (non-hydrogen) atoms. The minimum atomic E-state index is 0.360. The molecule has 0 heterocycles. The average Bonchev–Trinajstić information content (AvgIpc) is 3.28. The van der Waals surface area contributed by atoms with Crippen molar-refractivity contribution in [3.8, 4) is 11.5 Å². The van der Waals surface area contributed by atoms with Gasteiger partial charge < -0.3 is 14.8 Å². The largest absolute Gasteiger partial charge is 0.497 e. The third-order valence-corrected chi connectivity index (χ3v) is 4.09. The summed E-state index contributed by atoms with van der Waals surface area (Å²) in [4.78, 5) is 0. The molecule has 1 aromatic rings. The molecule has 0 amide bonds. The zero-order chi connectivity index (χ0) is 13.8. The van der Waals surface area contributed by atoms with Crippen LogP contribution < -0.4 is 14.8 Å². The third-order valence-electron chi connectivity index (χ3n) is 4.09. The smallest absolute Gasteiger partial charge is 0.127 e. The second-order valence-corrected chi connectivity index (χ2v) is 5.34. The minimum absolute atomic E-state index is 0.360. The lowest BCUT2D eigenvalue weighted by atomic mass is 9.90. The van der Waals surface area contributed by atoms with Gasteiger partial charge in [-0.3, -0.25) is 0 Å². The van der Waals surface area contributed by atoms with Crippen molar-refractivity contribution in [1.82, 2.24) is 5.32 Å². The van der Waals surface area contributed by atoms with E-state index in [2.05, 4.69) is 25.2 Å². The van der Waals surface area contributed by atoms with Gasteiger partial charge in [0.25, 0.3) is 0 Å². The molecule has 106 valence electrons. The number of hydrogen-bond acceptors (Lipinski definition) is 3. The fraction of sp³-hybridized carbons (Fsp3) is 0.625. The van der Waals surface area contributed by atoms with Crippen molar-refractivity contribution in [2.45, 2.75) is 32.7 Å². The van der Waals surface area contributed by atoms with Crippen molar-refractivity contribution in [2.75, 3.05) is 20.8 Å². The van der Waals surface area contributed by atoms with E-state index in [4.69, 9.17) is 9.47 Å². The summed E-state index contributed by atoms with van der Waals surface area (Å²) < 4.78 is 10.8. The van der Waals surface area contributed by atoms with Crippen LogP contribution in [0.2, 0.25) is 0 Å². The van der Waals surface area contributed by atoms with Crippen LogP contribution in [-0.2, 0) is 0 Å². The Bertz CT molecular complexity index is 415. The van der Waals surface area contributed by atoms with Crippen LogP contribution in [0.3, 0.4) is 0 Å².